The molecular weight excluding hydrogens is 188 g/mol. The summed E-state index contributed by atoms with van der Waals surface area (Å²) in [4.78, 5) is 0. The molecule has 1 aliphatic rings. The molecule has 0 saturated carbocycles. The van der Waals surface area contributed by atoms with E-state index < -0.39 is 0 Å². The van der Waals surface area contributed by atoms with Crippen molar-refractivity contribution in [2.45, 2.75) is 20.3 Å². The SMILES string of the molecule is CC1=[C-]C(C)=CC1.CO.CO.[Ti]. The van der Waals surface area contributed by atoms with Crippen LogP contribution in [0.5, 0.6) is 0 Å². The van der Waals surface area contributed by atoms with E-state index >= 15 is 0 Å². The third-order valence-corrected chi connectivity index (χ3v) is 1.12. The van der Waals surface area contributed by atoms with Crippen LogP contribution in [0.4, 0.5) is 0 Å². The number of hydrogen-bond acceptors (Lipinski definition) is 2. The standard InChI is InChI=1S/C7H9.2CH4O.Ti/c1-6-3-4-7(2)5-6;2*1-2;/h3H,4H2,1-2H3;2*2H,1H3;/q-1;;;. The molecule has 0 aromatic carbocycles. The van der Waals surface area contributed by atoms with Crippen molar-refractivity contribution in [3.63, 3.8) is 0 Å². The number of allylic oxidation sites excluding steroid dienone is 4. The molecule has 1 aliphatic carbocycles. The Labute approximate surface area is 89.9 Å². The normalized spacial score (nSPS) is 12.2. The Morgan fingerprint density at radius 2 is 1.58 bits per heavy atom. The van der Waals surface area contributed by atoms with Crippen LogP contribution in [-0.4, -0.2) is 24.4 Å². The zero-order valence-corrected chi connectivity index (χ0v) is 9.74. The minimum Gasteiger partial charge on any atom is -0.400 e. The minimum absolute atomic E-state index is 0. The van der Waals surface area contributed by atoms with E-state index in [0.717, 1.165) is 20.6 Å². The van der Waals surface area contributed by atoms with Crippen LogP contribution in [0.25, 0.3) is 0 Å². The van der Waals surface area contributed by atoms with Crippen molar-refractivity contribution in [1.82, 2.24) is 0 Å². The Kier molecular flexibility index (Phi) is 20.5. The molecule has 0 atom stereocenters. The Bertz CT molecular complexity index is 139. The van der Waals surface area contributed by atoms with Gasteiger partial charge in [-0.15, -0.1) is 0 Å². The molecule has 0 unspecified atom stereocenters. The van der Waals surface area contributed by atoms with Crippen LogP contribution in [0.15, 0.2) is 17.2 Å². The van der Waals surface area contributed by atoms with Crippen LogP contribution in [0, 0.1) is 6.08 Å². The molecular formula is C9H17O2Ti-. The molecule has 0 heterocycles. The fourth-order valence-electron chi connectivity index (χ4n) is 0.745. The summed E-state index contributed by atoms with van der Waals surface area (Å²) in [6.45, 7) is 4.18. The van der Waals surface area contributed by atoms with Crippen LogP contribution in [0.3, 0.4) is 0 Å². The predicted octanol–water partition coefficient (Wildman–Crippen LogP) is 1.30. The van der Waals surface area contributed by atoms with Gasteiger partial charge in [0.05, 0.1) is 0 Å². The van der Waals surface area contributed by atoms with Gasteiger partial charge in [-0.1, -0.05) is 20.3 Å². The molecule has 0 bridgehead atoms. The first-order valence-electron chi connectivity index (χ1n) is 3.44. The van der Waals surface area contributed by atoms with E-state index in [2.05, 4.69) is 26.0 Å². The number of aliphatic hydroxyl groups excluding tert-OH is 2. The first kappa shape index (κ1) is 18.0. The van der Waals surface area contributed by atoms with Crippen molar-refractivity contribution in [2.24, 2.45) is 0 Å². The van der Waals surface area contributed by atoms with Crippen LogP contribution in [0.1, 0.15) is 20.3 Å². The maximum absolute atomic E-state index is 7.00. The van der Waals surface area contributed by atoms with Gasteiger partial charge in [-0.3, -0.25) is 6.08 Å². The van der Waals surface area contributed by atoms with Gasteiger partial charge < -0.3 is 10.2 Å². The zero-order chi connectivity index (χ0) is 9.28. The van der Waals surface area contributed by atoms with Gasteiger partial charge >= 0.3 is 0 Å². The summed E-state index contributed by atoms with van der Waals surface area (Å²) < 4.78 is 0. The van der Waals surface area contributed by atoms with Crippen LogP contribution >= 0.6 is 0 Å². The summed E-state index contributed by atoms with van der Waals surface area (Å²) in [6.07, 6.45) is 6.50. The van der Waals surface area contributed by atoms with Crippen molar-refractivity contribution in [2.75, 3.05) is 14.2 Å². The quantitative estimate of drug-likeness (QED) is 0.462. The molecule has 2 nitrogen and oxygen atoms in total. The maximum atomic E-state index is 7.00. The smallest absolute Gasteiger partial charge is 0.0319 e. The summed E-state index contributed by atoms with van der Waals surface area (Å²) in [6, 6.07) is 0. The summed E-state index contributed by atoms with van der Waals surface area (Å²) in [7, 11) is 2.00. The minimum atomic E-state index is 0. The largest absolute Gasteiger partial charge is 0.400 e. The molecule has 0 radical (unpaired) electrons. The summed E-state index contributed by atoms with van der Waals surface area (Å²) >= 11 is 0. The summed E-state index contributed by atoms with van der Waals surface area (Å²) in [5, 5.41) is 14.0. The molecule has 12 heavy (non-hydrogen) atoms. The van der Waals surface area contributed by atoms with E-state index in [1.807, 2.05) is 0 Å². The van der Waals surface area contributed by atoms with Crippen LogP contribution in [0.2, 0.25) is 0 Å². The van der Waals surface area contributed by atoms with Crippen molar-refractivity contribution in [1.29, 1.82) is 0 Å². The van der Waals surface area contributed by atoms with Crippen molar-refractivity contribution in [3.05, 3.63) is 23.3 Å². The molecule has 0 aliphatic heterocycles. The van der Waals surface area contributed by atoms with Crippen molar-refractivity contribution in [3.8, 4) is 0 Å². The van der Waals surface area contributed by atoms with Gasteiger partial charge in [0.15, 0.2) is 0 Å². The van der Waals surface area contributed by atoms with E-state index in [4.69, 9.17) is 10.2 Å². The second-order valence-electron chi connectivity index (χ2n) is 2.00. The van der Waals surface area contributed by atoms with E-state index in [1.165, 1.54) is 11.1 Å². The third-order valence-electron chi connectivity index (χ3n) is 1.12. The summed E-state index contributed by atoms with van der Waals surface area (Å²) in [5.41, 5.74) is 2.65. The molecule has 1 rings (SSSR count). The van der Waals surface area contributed by atoms with E-state index in [1.54, 1.807) is 0 Å². The number of aliphatic hydroxyl groups is 2. The fraction of sp³-hybridized carbons (Fsp3) is 0.556. The van der Waals surface area contributed by atoms with Gasteiger partial charge in [0.1, 0.15) is 0 Å². The Morgan fingerprint density at radius 1 is 1.17 bits per heavy atom. The molecule has 0 fully saturated rings. The Morgan fingerprint density at radius 3 is 1.67 bits per heavy atom. The average Bonchev–Trinajstić information content (AvgIpc) is 2.43. The van der Waals surface area contributed by atoms with Gasteiger partial charge in [0.2, 0.25) is 0 Å². The molecule has 0 saturated heterocycles. The monoisotopic (exact) mass is 205 g/mol. The first-order valence-corrected chi connectivity index (χ1v) is 3.44. The molecule has 0 aromatic rings. The maximum Gasteiger partial charge on any atom is 0.0319 e. The molecule has 0 spiro atoms. The first-order chi connectivity index (χ1) is 5.29. The fourth-order valence-corrected chi connectivity index (χ4v) is 0.745. The van der Waals surface area contributed by atoms with Gasteiger partial charge in [-0.05, 0) is 0 Å². The van der Waals surface area contributed by atoms with Crippen molar-refractivity contribution >= 4 is 0 Å². The average molecular weight is 205 g/mol. The molecule has 0 amide bonds. The number of rotatable bonds is 0. The molecule has 3 heteroatoms. The van der Waals surface area contributed by atoms with E-state index in [0.29, 0.717) is 0 Å². The molecule has 0 aromatic heterocycles. The Balaban J connectivity index is -0.000000144. The van der Waals surface area contributed by atoms with Gasteiger partial charge in [0.25, 0.3) is 0 Å². The topological polar surface area (TPSA) is 40.5 Å². The predicted molar refractivity (Wildman–Crippen MR) is 47.1 cm³/mol. The summed E-state index contributed by atoms with van der Waals surface area (Å²) in [5.74, 6) is 0. The van der Waals surface area contributed by atoms with Gasteiger partial charge in [-0.25, -0.2) is 11.6 Å². The molecule has 70 valence electrons. The second kappa shape index (κ2) is 13.7. The second-order valence-corrected chi connectivity index (χ2v) is 2.00. The van der Waals surface area contributed by atoms with Gasteiger partial charge in [-0.2, -0.15) is 5.57 Å². The van der Waals surface area contributed by atoms with Gasteiger partial charge in [0, 0.05) is 35.9 Å². The third kappa shape index (κ3) is 10.1. The van der Waals surface area contributed by atoms with Crippen LogP contribution in [-0.2, 0) is 21.7 Å². The zero-order valence-electron chi connectivity index (χ0n) is 8.18. The number of hydrogen-bond donors (Lipinski definition) is 2. The van der Waals surface area contributed by atoms with E-state index in [-0.39, 0.29) is 21.7 Å². The van der Waals surface area contributed by atoms with Crippen LogP contribution < -0.4 is 0 Å². The molecule has 2 N–H and O–H groups in total. The van der Waals surface area contributed by atoms with Crippen molar-refractivity contribution < 1.29 is 31.9 Å². The Hall–Kier alpha value is 0.114. The van der Waals surface area contributed by atoms with E-state index in [9.17, 15) is 0 Å².